The number of anilines is 1. The minimum Gasteiger partial charge on any atom is -0.455 e. The third-order valence-electron chi connectivity index (χ3n) is 3.28. The van der Waals surface area contributed by atoms with Gasteiger partial charge in [-0.2, -0.15) is 0 Å². The van der Waals surface area contributed by atoms with Gasteiger partial charge in [-0.25, -0.2) is 0 Å². The first-order valence-corrected chi connectivity index (χ1v) is 9.65. The topological polar surface area (TPSA) is 84.5 Å². The van der Waals surface area contributed by atoms with Crippen LogP contribution in [0, 0.1) is 0 Å². The number of nitrogens with one attached hydrogen (secondary N) is 2. The second-order valence-electron chi connectivity index (χ2n) is 5.47. The van der Waals surface area contributed by atoms with Crippen LogP contribution >= 0.6 is 23.4 Å². The summed E-state index contributed by atoms with van der Waals surface area (Å²) in [5.74, 6) is -1.08. The van der Waals surface area contributed by atoms with Gasteiger partial charge >= 0.3 is 5.97 Å². The van der Waals surface area contributed by atoms with Crippen LogP contribution in [0.25, 0.3) is 0 Å². The van der Waals surface area contributed by atoms with Crippen molar-refractivity contribution in [2.24, 2.45) is 0 Å². The number of rotatable bonds is 9. The third-order valence-corrected chi connectivity index (χ3v) is 4.44. The molecule has 2 aromatic carbocycles. The van der Waals surface area contributed by atoms with Crippen LogP contribution < -0.4 is 10.6 Å². The Morgan fingerprint density at radius 1 is 0.926 bits per heavy atom. The average Bonchev–Trinajstić information content (AvgIpc) is 2.67. The molecule has 0 saturated carbocycles. The molecule has 0 fully saturated rings. The fourth-order valence-corrected chi connectivity index (χ4v) is 2.73. The molecule has 2 N–H and O–H groups in total. The lowest BCUT2D eigenvalue weighted by Crippen LogP contribution is -2.28. The van der Waals surface area contributed by atoms with E-state index in [1.54, 1.807) is 24.3 Å². The molecule has 8 heteroatoms. The number of carbonyl (C=O) groups is 3. The molecular formula is C19H19ClN2O4S. The van der Waals surface area contributed by atoms with Crippen LogP contribution in [0.15, 0.2) is 54.6 Å². The minimum atomic E-state index is -0.547. The predicted octanol–water partition coefficient (Wildman–Crippen LogP) is 2.87. The maximum absolute atomic E-state index is 11.8. The zero-order chi connectivity index (χ0) is 19.5. The van der Waals surface area contributed by atoms with E-state index < -0.39 is 5.97 Å². The lowest BCUT2D eigenvalue weighted by Gasteiger charge is -2.07. The number of hydrogen-bond acceptors (Lipinski definition) is 5. The lowest BCUT2D eigenvalue weighted by atomic mass is 10.2. The third kappa shape index (κ3) is 8.61. The highest BCUT2D eigenvalue weighted by molar-refractivity contribution is 8.00. The number of amides is 2. The van der Waals surface area contributed by atoms with E-state index in [1.807, 2.05) is 30.3 Å². The molecule has 0 aliphatic rings. The summed E-state index contributed by atoms with van der Waals surface area (Å²) in [7, 11) is 0. The Labute approximate surface area is 166 Å². The maximum atomic E-state index is 11.8. The second kappa shape index (κ2) is 11.3. The molecule has 142 valence electrons. The Morgan fingerprint density at radius 3 is 2.33 bits per heavy atom. The summed E-state index contributed by atoms with van der Waals surface area (Å²) in [5, 5.41) is 5.94. The van der Waals surface area contributed by atoms with E-state index in [1.165, 1.54) is 0 Å². The van der Waals surface area contributed by atoms with Gasteiger partial charge in [-0.15, -0.1) is 11.8 Å². The Bertz CT molecular complexity index is 769. The summed E-state index contributed by atoms with van der Waals surface area (Å²) >= 11 is 6.88. The van der Waals surface area contributed by atoms with Gasteiger partial charge < -0.3 is 15.4 Å². The Kier molecular flexibility index (Phi) is 8.67. The molecule has 0 heterocycles. The molecule has 0 unspecified atom stereocenters. The van der Waals surface area contributed by atoms with Crippen LogP contribution in [-0.4, -0.2) is 35.9 Å². The number of halogens is 1. The molecule has 0 atom stereocenters. The molecule has 0 bridgehead atoms. The van der Waals surface area contributed by atoms with Crippen LogP contribution in [0.2, 0.25) is 5.02 Å². The van der Waals surface area contributed by atoms with Gasteiger partial charge in [0.2, 0.25) is 5.91 Å². The van der Waals surface area contributed by atoms with E-state index in [0.29, 0.717) is 17.3 Å². The molecule has 2 rings (SSSR count). The smallest absolute Gasteiger partial charge is 0.316 e. The van der Waals surface area contributed by atoms with Crippen molar-refractivity contribution in [3.05, 3.63) is 65.2 Å². The van der Waals surface area contributed by atoms with Gasteiger partial charge in [0.15, 0.2) is 6.61 Å². The van der Waals surface area contributed by atoms with Crippen molar-refractivity contribution in [2.75, 3.05) is 23.4 Å². The van der Waals surface area contributed by atoms with E-state index in [2.05, 4.69) is 10.6 Å². The fourth-order valence-electron chi connectivity index (χ4n) is 1.99. The normalized spacial score (nSPS) is 10.1. The van der Waals surface area contributed by atoms with Crippen molar-refractivity contribution in [3.8, 4) is 0 Å². The Balaban J connectivity index is 1.56. The fraction of sp³-hybridized carbons (Fsp3) is 0.211. The zero-order valence-corrected chi connectivity index (χ0v) is 16.0. The molecule has 0 radical (unpaired) electrons. The molecular weight excluding hydrogens is 388 g/mol. The van der Waals surface area contributed by atoms with Gasteiger partial charge in [-0.1, -0.05) is 41.9 Å². The highest BCUT2D eigenvalue weighted by Gasteiger charge is 2.09. The van der Waals surface area contributed by atoms with Gasteiger partial charge in [-0.3, -0.25) is 14.4 Å². The van der Waals surface area contributed by atoms with Gasteiger partial charge in [0.05, 0.1) is 11.5 Å². The standard InChI is InChI=1S/C19H19ClN2O4S/c20-15-6-8-16(9-7-15)22-18(24)12-27-13-19(25)26-11-17(23)21-10-14-4-2-1-3-5-14/h1-9H,10-13H2,(H,21,23)(H,22,24). The summed E-state index contributed by atoms with van der Waals surface area (Å²) in [4.78, 5) is 35.1. The Morgan fingerprint density at radius 2 is 1.63 bits per heavy atom. The summed E-state index contributed by atoms with van der Waals surface area (Å²) in [6.07, 6.45) is 0. The van der Waals surface area contributed by atoms with Crippen molar-refractivity contribution in [1.29, 1.82) is 0 Å². The van der Waals surface area contributed by atoms with E-state index >= 15 is 0 Å². The van der Waals surface area contributed by atoms with Crippen LogP contribution in [0.1, 0.15) is 5.56 Å². The molecule has 0 aromatic heterocycles. The van der Waals surface area contributed by atoms with Crippen LogP contribution in [0.3, 0.4) is 0 Å². The summed E-state index contributed by atoms with van der Waals surface area (Å²) in [6, 6.07) is 16.1. The summed E-state index contributed by atoms with van der Waals surface area (Å²) in [5.41, 5.74) is 1.59. The largest absolute Gasteiger partial charge is 0.455 e. The minimum absolute atomic E-state index is 0.0139. The highest BCUT2D eigenvalue weighted by atomic mass is 35.5. The highest BCUT2D eigenvalue weighted by Crippen LogP contribution is 2.13. The van der Waals surface area contributed by atoms with Crippen LogP contribution in [0.4, 0.5) is 5.69 Å². The van der Waals surface area contributed by atoms with Gasteiger partial charge in [0, 0.05) is 17.3 Å². The molecule has 0 aliphatic heterocycles. The van der Waals surface area contributed by atoms with E-state index in [9.17, 15) is 14.4 Å². The molecule has 6 nitrogen and oxygen atoms in total. The number of thioether (sulfide) groups is 1. The number of carbonyl (C=O) groups excluding carboxylic acids is 3. The number of ether oxygens (including phenoxy) is 1. The first-order chi connectivity index (χ1) is 13.0. The molecule has 0 aliphatic carbocycles. The quantitative estimate of drug-likeness (QED) is 0.625. The van der Waals surface area contributed by atoms with Gasteiger partial charge in [0.1, 0.15) is 0 Å². The first kappa shape index (κ1) is 20.8. The van der Waals surface area contributed by atoms with Crippen LogP contribution in [0.5, 0.6) is 0 Å². The van der Waals surface area contributed by atoms with E-state index in [-0.39, 0.29) is 29.9 Å². The first-order valence-electron chi connectivity index (χ1n) is 8.12. The van der Waals surface area contributed by atoms with Crippen LogP contribution in [-0.2, 0) is 25.7 Å². The Hall–Kier alpha value is -2.51. The summed E-state index contributed by atoms with van der Waals surface area (Å²) < 4.78 is 4.89. The molecule has 2 aromatic rings. The molecule has 27 heavy (non-hydrogen) atoms. The monoisotopic (exact) mass is 406 g/mol. The van der Waals surface area contributed by atoms with Gasteiger partial charge in [-0.05, 0) is 29.8 Å². The van der Waals surface area contributed by atoms with Crippen molar-refractivity contribution in [3.63, 3.8) is 0 Å². The van der Waals surface area contributed by atoms with Gasteiger partial charge in [0.25, 0.3) is 5.91 Å². The maximum Gasteiger partial charge on any atom is 0.316 e. The average molecular weight is 407 g/mol. The lowest BCUT2D eigenvalue weighted by molar-refractivity contribution is -0.145. The second-order valence-corrected chi connectivity index (χ2v) is 6.89. The van der Waals surface area contributed by atoms with E-state index in [4.69, 9.17) is 16.3 Å². The molecule has 0 saturated heterocycles. The van der Waals surface area contributed by atoms with Crippen molar-refractivity contribution in [2.45, 2.75) is 6.54 Å². The van der Waals surface area contributed by atoms with Crippen molar-refractivity contribution in [1.82, 2.24) is 5.32 Å². The van der Waals surface area contributed by atoms with E-state index in [0.717, 1.165) is 17.3 Å². The number of hydrogen-bond donors (Lipinski definition) is 2. The SMILES string of the molecule is O=C(COC(=O)CSCC(=O)Nc1ccc(Cl)cc1)NCc1ccccc1. The van der Waals surface area contributed by atoms with Crippen molar-refractivity contribution >= 4 is 46.8 Å². The zero-order valence-electron chi connectivity index (χ0n) is 14.4. The number of benzene rings is 2. The predicted molar refractivity (Wildman–Crippen MR) is 107 cm³/mol. The molecule has 0 spiro atoms. The summed E-state index contributed by atoms with van der Waals surface area (Å²) in [6.45, 7) is 0.0278. The number of esters is 1. The van der Waals surface area contributed by atoms with Crippen molar-refractivity contribution < 1.29 is 19.1 Å². The molecule has 2 amide bonds.